The van der Waals surface area contributed by atoms with Crippen molar-refractivity contribution in [3.63, 3.8) is 0 Å². The topological polar surface area (TPSA) is 24.9 Å². The van der Waals surface area contributed by atoms with Crippen LogP contribution in [0, 0.1) is 6.92 Å². The number of hydrogen-bond donors (Lipinski definition) is 1. The van der Waals surface area contributed by atoms with Gasteiger partial charge >= 0.3 is 0 Å². The summed E-state index contributed by atoms with van der Waals surface area (Å²) >= 11 is 0. The molecule has 0 spiro atoms. The normalized spacial score (nSPS) is 10.8. The van der Waals surface area contributed by atoms with Crippen molar-refractivity contribution in [3.8, 4) is 0 Å². The fraction of sp³-hybridized carbons (Fsp3) is 0.400. The van der Waals surface area contributed by atoms with E-state index in [1.54, 1.807) is 0 Å². The molecular weight excluding hydrogens is 208 g/mol. The SMILES string of the molecule is CCc1ccc2nc(C)c(CC)c(NC)c2c1. The van der Waals surface area contributed by atoms with Crippen LogP contribution < -0.4 is 5.32 Å². The molecule has 0 fully saturated rings. The van der Waals surface area contributed by atoms with Crippen LogP contribution in [0.3, 0.4) is 0 Å². The smallest absolute Gasteiger partial charge is 0.0726 e. The van der Waals surface area contributed by atoms with E-state index in [4.69, 9.17) is 4.98 Å². The standard InChI is InChI=1S/C15H20N2/c1-5-11-7-8-14-13(9-11)15(16-4)12(6-2)10(3)17-14/h7-9H,5-6H2,1-4H3,(H,16,17). The maximum Gasteiger partial charge on any atom is 0.0726 e. The Kier molecular flexibility index (Phi) is 3.32. The fourth-order valence-corrected chi connectivity index (χ4v) is 2.41. The van der Waals surface area contributed by atoms with E-state index in [-0.39, 0.29) is 0 Å². The van der Waals surface area contributed by atoms with Gasteiger partial charge in [0, 0.05) is 23.8 Å². The summed E-state index contributed by atoms with van der Waals surface area (Å²) in [6, 6.07) is 6.55. The van der Waals surface area contributed by atoms with Crippen molar-refractivity contribution in [1.82, 2.24) is 4.98 Å². The second-order valence-electron chi connectivity index (χ2n) is 4.36. The van der Waals surface area contributed by atoms with Crippen molar-refractivity contribution < 1.29 is 0 Å². The van der Waals surface area contributed by atoms with Crippen LogP contribution in [0.1, 0.15) is 30.7 Å². The first-order chi connectivity index (χ1) is 8.21. The zero-order valence-electron chi connectivity index (χ0n) is 11.1. The predicted octanol–water partition coefficient (Wildman–Crippen LogP) is 3.71. The zero-order chi connectivity index (χ0) is 12.4. The Bertz CT molecular complexity index is 544. The first kappa shape index (κ1) is 11.9. The summed E-state index contributed by atoms with van der Waals surface area (Å²) in [4.78, 5) is 4.69. The van der Waals surface area contributed by atoms with Gasteiger partial charge in [-0.25, -0.2) is 0 Å². The molecule has 0 aliphatic heterocycles. The largest absolute Gasteiger partial charge is 0.387 e. The Morgan fingerprint density at radius 1 is 1.18 bits per heavy atom. The molecule has 1 heterocycles. The molecule has 1 aromatic carbocycles. The number of aryl methyl sites for hydroxylation is 2. The second kappa shape index (κ2) is 4.74. The van der Waals surface area contributed by atoms with Crippen LogP contribution in [-0.4, -0.2) is 12.0 Å². The molecule has 1 aromatic heterocycles. The number of anilines is 1. The predicted molar refractivity (Wildman–Crippen MR) is 74.8 cm³/mol. The highest BCUT2D eigenvalue weighted by atomic mass is 14.8. The van der Waals surface area contributed by atoms with Crippen molar-refractivity contribution in [2.24, 2.45) is 0 Å². The molecule has 2 nitrogen and oxygen atoms in total. The van der Waals surface area contributed by atoms with Crippen LogP contribution in [0.5, 0.6) is 0 Å². The molecular formula is C15H20N2. The lowest BCUT2D eigenvalue weighted by atomic mass is 10.0. The lowest BCUT2D eigenvalue weighted by Crippen LogP contribution is -2.01. The van der Waals surface area contributed by atoms with Crippen molar-refractivity contribution >= 4 is 16.6 Å². The van der Waals surface area contributed by atoms with Gasteiger partial charge in [0.05, 0.1) is 5.52 Å². The summed E-state index contributed by atoms with van der Waals surface area (Å²) in [5, 5.41) is 4.59. The molecule has 1 N–H and O–H groups in total. The molecule has 0 radical (unpaired) electrons. The summed E-state index contributed by atoms with van der Waals surface area (Å²) < 4.78 is 0. The molecule has 0 bridgehead atoms. The summed E-state index contributed by atoms with van der Waals surface area (Å²) in [6.07, 6.45) is 2.08. The van der Waals surface area contributed by atoms with E-state index in [2.05, 4.69) is 44.3 Å². The number of nitrogens with zero attached hydrogens (tertiary/aromatic N) is 1. The minimum absolute atomic E-state index is 1.02. The van der Waals surface area contributed by atoms with Gasteiger partial charge in [-0.15, -0.1) is 0 Å². The maximum absolute atomic E-state index is 4.69. The minimum atomic E-state index is 1.02. The number of rotatable bonds is 3. The molecule has 0 atom stereocenters. The van der Waals surface area contributed by atoms with Gasteiger partial charge in [-0.2, -0.15) is 0 Å². The average molecular weight is 228 g/mol. The Morgan fingerprint density at radius 3 is 2.53 bits per heavy atom. The monoisotopic (exact) mass is 228 g/mol. The maximum atomic E-state index is 4.69. The molecule has 90 valence electrons. The average Bonchev–Trinajstić information content (AvgIpc) is 2.36. The van der Waals surface area contributed by atoms with E-state index in [0.29, 0.717) is 0 Å². The minimum Gasteiger partial charge on any atom is -0.387 e. The fourth-order valence-electron chi connectivity index (χ4n) is 2.41. The van der Waals surface area contributed by atoms with Crippen molar-refractivity contribution in [1.29, 1.82) is 0 Å². The van der Waals surface area contributed by atoms with Gasteiger partial charge in [0.15, 0.2) is 0 Å². The van der Waals surface area contributed by atoms with Crippen LogP contribution in [0.15, 0.2) is 18.2 Å². The van der Waals surface area contributed by atoms with Crippen LogP contribution in [0.25, 0.3) is 10.9 Å². The van der Waals surface area contributed by atoms with Crippen LogP contribution in [0.2, 0.25) is 0 Å². The number of hydrogen-bond acceptors (Lipinski definition) is 2. The van der Waals surface area contributed by atoms with E-state index in [9.17, 15) is 0 Å². The third kappa shape index (κ3) is 1.99. The van der Waals surface area contributed by atoms with Crippen LogP contribution >= 0.6 is 0 Å². The number of fused-ring (bicyclic) bond motifs is 1. The van der Waals surface area contributed by atoms with Gasteiger partial charge < -0.3 is 5.32 Å². The Labute approximate surface area is 103 Å². The van der Waals surface area contributed by atoms with Gasteiger partial charge in [0.2, 0.25) is 0 Å². The Morgan fingerprint density at radius 2 is 1.94 bits per heavy atom. The van der Waals surface area contributed by atoms with E-state index < -0.39 is 0 Å². The van der Waals surface area contributed by atoms with E-state index in [1.807, 2.05) is 7.05 Å². The third-order valence-corrected chi connectivity index (χ3v) is 3.37. The second-order valence-corrected chi connectivity index (χ2v) is 4.36. The third-order valence-electron chi connectivity index (χ3n) is 3.37. The molecule has 0 saturated carbocycles. The zero-order valence-corrected chi connectivity index (χ0v) is 11.1. The van der Waals surface area contributed by atoms with Crippen molar-refractivity contribution in [2.75, 3.05) is 12.4 Å². The molecule has 0 unspecified atom stereocenters. The lowest BCUT2D eigenvalue weighted by Gasteiger charge is -2.14. The highest BCUT2D eigenvalue weighted by molar-refractivity contribution is 5.93. The van der Waals surface area contributed by atoms with Gasteiger partial charge in [-0.05, 0) is 43.0 Å². The summed E-state index contributed by atoms with van der Waals surface area (Å²) in [6.45, 7) is 6.45. The molecule has 0 aliphatic rings. The molecule has 0 saturated heterocycles. The highest BCUT2D eigenvalue weighted by Gasteiger charge is 2.10. The Hall–Kier alpha value is -1.57. The number of nitrogens with one attached hydrogen (secondary N) is 1. The number of aromatic nitrogens is 1. The molecule has 2 heteroatoms. The Balaban J connectivity index is 2.80. The van der Waals surface area contributed by atoms with Gasteiger partial charge in [-0.1, -0.05) is 19.9 Å². The summed E-state index contributed by atoms with van der Waals surface area (Å²) in [5.74, 6) is 0. The lowest BCUT2D eigenvalue weighted by molar-refractivity contribution is 1.07. The number of benzene rings is 1. The van der Waals surface area contributed by atoms with E-state index in [1.165, 1.54) is 22.2 Å². The molecule has 17 heavy (non-hydrogen) atoms. The molecule has 0 amide bonds. The van der Waals surface area contributed by atoms with Crippen molar-refractivity contribution in [2.45, 2.75) is 33.6 Å². The summed E-state index contributed by atoms with van der Waals surface area (Å²) in [7, 11) is 1.99. The van der Waals surface area contributed by atoms with Crippen LogP contribution in [0.4, 0.5) is 5.69 Å². The van der Waals surface area contributed by atoms with Gasteiger partial charge in [0.25, 0.3) is 0 Å². The first-order valence-corrected chi connectivity index (χ1v) is 6.31. The highest BCUT2D eigenvalue weighted by Crippen LogP contribution is 2.29. The van der Waals surface area contributed by atoms with Crippen LogP contribution in [-0.2, 0) is 12.8 Å². The molecule has 2 aromatic rings. The van der Waals surface area contributed by atoms with E-state index >= 15 is 0 Å². The van der Waals surface area contributed by atoms with Crippen molar-refractivity contribution in [3.05, 3.63) is 35.0 Å². The molecule has 0 aliphatic carbocycles. The van der Waals surface area contributed by atoms with Gasteiger partial charge in [0.1, 0.15) is 0 Å². The quantitative estimate of drug-likeness (QED) is 0.866. The van der Waals surface area contributed by atoms with E-state index in [0.717, 1.165) is 24.1 Å². The number of pyridine rings is 1. The van der Waals surface area contributed by atoms with Gasteiger partial charge in [-0.3, -0.25) is 4.98 Å². The molecule has 2 rings (SSSR count). The summed E-state index contributed by atoms with van der Waals surface area (Å²) in [5.41, 5.74) is 6.15. The first-order valence-electron chi connectivity index (χ1n) is 6.31.